The Morgan fingerprint density at radius 3 is 2.55 bits per heavy atom. The van der Waals surface area contributed by atoms with Crippen LogP contribution in [-0.4, -0.2) is 63.7 Å². The first kappa shape index (κ1) is 26.5. The molecule has 0 bridgehead atoms. The van der Waals surface area contributed by atoms with Crippen LogP contribution in [0.3, 0.4) is 0 Å². The summed E-state index contributed by atoms with van der Waals surface area (Å²) in [7, 11) is 0. The fourth-order valence-corrected chi connectivity index (χ4v) is 6.07. The maximum atomic E-state index is 13.8. The number of amides is 2. The van der Waals surface area contributed by atoms with E-state index in [4.69, 9.17) is 4.52 Å². The number of aliphatic hydroxyl groups is 1. The number of aliphatic hydroxyl groups excluding tert-OH is 1. The highest BCUT2D eigenvalue weighted by atomic mass is 32.1. The average Bonchev–Trinajstić information content (AvgIpc) is 3.58. The predicted octanol–water partition coefficient (Wildman–Crippen LogP) is 3.37. The van der Waals surface area contributed by atoms with E-state index in [-0.39, 0.29) is 36.7 Å². The van der Waals surface area contributed by atoms with Gasteiger partial charge in [0.05, 0.1) is 33.9 Å². The summed E-state index contributed by atoms with van der Waals surface area (Å²) in [4.78, 5) is 34.1. The van der Waals surface area contributed by atoms with Gasteiger partial charge in [-0.15, -0.1) is 11.3 Å². The summed E-state index contributed by atoms with van der Waals surface area (Å²) in [6.45, 7) is 9.63. The fraction of sp³-hybridized carbons (Fsp3) is 0.500. The summed E-state index contributed by atoms with van der Waals surface area (Å²) < 4.78 is 5.62. The number of aromatic nitrogens is 2. The molecule has 2 aromatic heterocycles. The van der Waals surface area contributed by atoms with Gasteiger partial charge in [0.1, 0.15) is 17.7 Å². The molecule has 2 aliphatic heterocycles. The van der Waals surface area contributed by atoms with Crippen LogP contribution in [0.15, 0.2) is 40.4 Å². The Balaban J connectivity index is 1.28. The summed E-state index contributed by atoms with van der Waals surface area (Å²) in [5.41, 5.74) is 5.72. The van der Waals surface area contributed by atoms with E-state index in [1.54, 1.807) is 11.3 Å². The summed E-state index contributed by atoms with van der Waals surface area (Å²) in [5.74, 6) is -0.329. The lowest BCUT2D eigenvalue weighted by atomic mass is 9.90. The summed E-state index contributed by atoms with van der Waals surface area (Å²) in [5, 5.41) is 20.9. The highest BCUT2D eigenvalue weighted by Gasteiger charge is 2.43. The van der Waals surface area contributed by atoms with E-state index >= 15 is 0 Å². The smallest absolute Gasteiger partial charge is 0.243 e. The normalized spacial score (nSPS) is 21.4. The Bertz CT molecular complexity index is 1280. The van der Waals surface area contributed by atoms with Crippen LogP contribution in [0.25, 0.3) is 10.4 Å². The molecule has 38 heavy (non-hydrogen) atoms. The van der Waals surface area contributed by atoms with Crippen molar-refractivity contribution in [1.82, 2.24) is 25.7 Å². The minimum atomic E-state index is -0.758. The lowest BCUT2D eigenvalue weighted by molar-refractivity contribution is -0.141. The van der Waals surface area contributed by atoms with Gasteiger partial charge < -0.3 is 25.2 Å². The molecule has 5 rings (SSSR count). The Hall–Kier alpha value is -3.08. The van der Waals surface area contributed by atoms with Crippen molar-refractivity contribution in [3.8, 4) is 10.4 Å². The van der Waals surface area contributed by atoms with Gasteiger partial charge in [0, 0.05) is 38.0 Å². The molecule has 202 valence electrons. The zero-order chi connectivity index (χ0) is 27.0. The highest BCUT2D eigenvalue weighted by Crippen LogP contribution is 2.33. The largest absolute Gasteiger partial charge is 0.391 e. The molecule has 2 fully saturated rings. The molecule has 10 heteroatoms. The van der Waals surface area contributed by atoms with Gasteiger partial charge in [-0.3, -0.25) is 9.59 Å². The molecule has 4 atom stereocenters. The third kappa shape index (κ3) is 5.25. The van der Waals surface area contributed by atoms with Gasteiger partial charge in [-0.1, -0.05) is 43.3 Å². The van der Waals surface area contributed by atoms with Crippen LogP contribution in [0.5, 0.6) is 0 Å². The van der Waals surface area contributed by atoms with E-state index in [1.165, 1.54) is 4.90 Å². The summed E-state index contributed by atoms with van der Waals surface area (Å²) in [6.07, 6.45) is -0.556. The first-order chi connectivity index (χ1) is 18.2. The zero-order valence-electron chi connectivity index (χ0n) is 22.2. The first-order valence-corrected chi connectivity index (χ1v) is 14.1. The van der Waals surface area contributed by atoms with E-state index in [1.807, 2.05) is 63.5 Å². The molecule has 9 nitrogen and oxygen atoms in total. The molecule has 0 saturated carbocycles. The number of β-amino-alcohol motifs (C(OH)–C–C–N with tert-alkyl or cyclic N) is 1. The lowest BCUT2D eigenvalue weighted by Gasteiger charge is -2.29. The van der Waals surface area contributed by atoms with Crippen LogP contribution < -0.4 is 10.6 Å². The van der Waals surface area contributed by atoms with Crippen LogP contribution in [-0.2, 0) is 9.59 Å². The predicted molar refractivity (Wildman–Crippen MR) is 145 cm³/mol. The highest BCUT2D eigenvalue weighted by molar-refractivity contribution is 7.13. The minimum Gasteiger partial charge on any atom is -0.391 e. The maximum absolute atomic E-state index is 13.8. The molecule has 0 aliphatic carbocycles. The molecular formula is C28H35N5O4S. The van der Waals surface area contributed by atoms with Crippen molar-refractivity contribution in [2.75, 3.05) is 19.6 Å². The van der Waals surface area contributed by atoms with Crippen molar-refractivity contribution in [2.45, 2.75) is 64.1 Å². The second kappa shape index (κ2) is 11.0. The average molecular weight is 538 g/mol. The van der Waals surface area contributed by atoms with Gasteiger partial charge >= 0.3 is 0 Å². The van der Waals surface area contributed by atoms with E-state index in [0.29, 0.717) is 11.7 Å². The van der Waals surface area contributed by atoms with Crippen LogP contribution >= 0.6 is 11.3 Å². The van der Waals surface area contributed by atoms with Crippen LogP contribution in [0, 0.1) is 12.8 Å². The van der Waals surface area contributed by atoms with Gasteiger partial charge in [0.2, 0.25) is 11.8 Å². The second-order valence-corrected chi connectivity index (χ2v) is 11.6. The molecule has 3 aromatic rings. The topological polar surface area (TPSA) is 121 Å². The number of nitrogens with zero attached hydrogens (tertiary/aromatic N) is 3. The van der Waals surface area contributed by atoms with E-state index in [2.05, 4.69) is 20.8 Å². The Morgan fingerprint density at radius 1 is 1.21 bits per heavy atom. The number of nitrogens with one attached hydrogen (secondary N) is 2. The molecule has 2 amide bonds. The monoisotopic (exact) mass is 537 g/mol. The van der Waals surface area contributed by atoms with Crippen molar-refractivity contribution in [2.24, 2.45) is 5.92 Å². The molecule has 1 aromatic carbocycles. The molecule has 0 radical (unpaired) electrons. The zero-order valence-corrected chi connectivity index (χ0v) is 23.0. The molecule has 0 spiro atoms. The number of hydrogen-bond acceptors (Lipinski definition) is 8. The van der Waals surface area contributed by atoms with Crippen LogP contribution in [0.1, 0.15) is 67.8 Å². The molecule has 4 heterocycles. The third-order valence-electron chi connectivity index (χ3n) is 7.63. The first-order valence-electron chi connectivity index (χ1n) is 13.2. The van der Waals surface area contributed by atoms with E-state index in [9.17, 15) is 14.7 Å². The number of thiazole rings is 1. The van der Waals surface area contributed by atoms with Crippen molar-refractivity contribution < 1.29 is 19.2 Å². The van der Waals surface area contributed by atoms with Crippen LogP contribution in [0.2, 0.25) is 0 Å². The van der Waals surface area contributed by atoms with Gasteiger partial charge in [-0.05, 0) is 30.9 Å². The Labute approximate surface area is 226 Å². The maximum Gasteiger partial charge on any atom is 0.243 e. The number of rotatable bonds is 8. The van der Waals surface area contributed by atoms with Crippen LogP contribution in [0.4, 0.5) is 0 Å². The van der Waals surface area contributed by atoms with Gasteiger partial charge in [0.25, 0.3) is 0 Å². The number of carbonyl (C=O) groups excluding carboxylic acids is 2. The van der Waals surface area contributed by atoms with Gasteiger partial charge in [-0.25, -0.2) is 4.98 Å². The summed E-state index contributed by atoms with van der Waals surface area (Å²) in [6, 6.07) is 8.92. The molecule has 2 saturated heterocycles. The Morgan fingerprint density at radius 2 is 1.95 bits per heavy atom. The number of likely N-dealkylation sites (tertiary alicyclic amines) is 1. The number of carbonyl (C=O) groups is 2. The second-order valence-electron chi connectivity index (χ2n) is 10.7. The number of hydrogen-bond donors (Lipinski definition) is 3. The fourth-order valence-electron chi connectivity index (χ4n) is 5.26. The van der Waals surface area contributed by atoms with E-state index in [0.717, 1.165) is 40.5 Å². The van der Waals surface area contributed by atoms with E-state index < -0.39 is 18.1 Å². The number of benzene rings is 1. The molecule has 3 N–H and O–H groups in total. The van der Waals surface area contributed by atoms with Crippen molar-refractivity contribution in [3.63, 3.8) is 0 Å². The SMILES string of the molecule is Cc1ncsc1-c1ccc(C(C)NC(=O)[C@@H]2C[C@@H](O)CN2C(=O)C(c2cc(C3CNC3)no2)C(C)C)cc1. The van der Waals surface area contributed by atoms with Gasteiger partial charge in [0.15, 0.2) is 0 Å². The number of aryl methyl sites for hydroxylation is 1. The third-order valence-corrected chi connectivity index (χ3v) is 8.61. The van der Waals surface area contributed by atoms with Crippen molar-refractivity contribution in [1.29, 1.82) is 0 Å². The minimum absolute atomic E-state index is 0.0658. The van der Waals surface area contributed by atoms with Gasteiger partial charge in [-0.2, -0.15) is 0 Å². The lowest BCUT2D eigenvalue weighted by Crippen LogP contribution is -2.48. The molecule has 2 unspecified atom stereocenters. The van der Waals surface area contributed by atoms with Crippen molar-refractivity contribution in [3.05, 3.63) is 58.6 Å². The quantitative estimate of drug-likeness (QED) is 0.403. The van der Waals surface area contributed by atoms with Crippen molar-refractivity contribution >= 4 is 23.2 Å². The Kier molecular flexibility index (Phi) is 7.65. The summed E-state index contributed by atoms with van der Waals surface area (Å²) >= 11 is 1.60. The molecule has 2 aliphatic rings. The standard InChI is InChI=1S/C28H35N5O4S/c1-15(2)25(24-10-22(32-37-24)20-11-29-12-20)28(36)33-13-21(34)9-23(33)27(35)31-16(3)18-5-7-19(8-6-18)26-17(4)30-14-38-26/h5-8,10,14-16,20-21,23,25,29,34H,9,11-13H2,1-4H3,(H,31,35)/t16?,21-,23+,25?/m1/s1. The molecular weight excluding hydrogens is 502 g/mol.